The highest BCUT2D eigenvalue weighted by molar-refractivity contribution is 5.30. The van der Waals surface area contributed by atoms with Gasteiger partial charge in [0.2, 0.25) is 0 Å². The van der Waals surface area contributed by atoms with Crippen LogP contribution < -0.4 is 5.73 Å². The Morgan fingerprint density at radius 1 is 1.50 bits per heavy atom. The van der Waals surface area contributed by atoms with Crippen LogP contribution >= 0.6 is 0 Å². The molecular weight excluding hydrogens is 191 g/mol. The van der Waals surface area contributed by atoms with Crippen molar-refractivity contribution in [2.24, 2.45) is 5.73 Å². The van der Waals surface area contributed by atoms with Crippen LogP contribution in [0.25, 0.3) is 0 Å². The van der Waals surface area contributed by atoms with Gasteiger partial charge in [-0.05, 0) is 12.5 Å². The predicted molar refractivity (Wildman–Crippen MR) is 51.7 cm³/mol. The molecule has 1 nitrogen and oxygen atoms in total. The smallest absolute Gasteiger partial charge is 0.324 e. The molecular formula is C10H14F3N. The first-order valence-corrected chi connectivity index (χ1v) is 4.08. The van der Waals surface area contributed by atoms with E-state index in [2.05, 4.69) is 13.2 Å². The molecule has 0 bridgehead atoms. The molecule has 0 aromatic heterocycles. The van der Waals surface area contributed by atoms with Gasteiger partial charge in [-0.3, -0.25) is 0 Å². The zero-order valence-electron chi connectivity index (χ0n) is 8.06. The van der Waals surface area contributed by atoms with Gasteiger partial charge in [0.15, 0.2) is 0 Å². The molecule has 1 atom stereocenters. The molecule has 0 aliphatic rings. The molecule has 0 aliphatic carbocycles. The number of hydrogen-bond donors (Lipinski definition) is 1. The molecule has 1 unspecified atom stereocenters. The quantitative estimate of drug-likeness (QED) is 0.701. The van der Waals surface area contributed by atoms with Gasteiger partial charge in [-0.1, -0.05) is 30.9 Å². The first-order valence-electron chi connectivity index (χ1n) is 4.08. The van der Waals surface area contributed by atoms with Crippen LogP contribution in [-0.4, -0.2) is 12.2 Å². The molecule has 0 aliphatic heterocycles. The van der Waals surface area contributed by atoms with E-state index in [9.17, 15) is 13.2 Å². The lowest BCUT2D eigenvalue weighted by molar-refractivity contribution is -0.136. The van der Waals surface area contributed by atoms with Crippen LogP contribution in [0.5, 0.6) is 0 Å². The maximum Gasteiger partial charge on any atom is 0.390 e. The highest BCUT2D eigenvalue weighted by atomic mass is 19.4. The van der Waals surface area contributed by atoms with Crippen molar-refractivity contribution in [3.63, 3.8) is 0 Å². The monoisotopic (exact) mass is 205 g/mol. The van der Waals surface area contributed by atoms with Crippen molar-refractivity contribution in [2.75, 3.05) is 0 Å². The van der Waals surface area contributed by atoms with E-state index in [1.807, 2.05) is 0 Å². The zero-order valence-corrected chi connectivity index (χ0v) is 8.06. The molecule has 0 fully saturated rings. The van der Waals surface area contributed by atoms with E-state index in [-0.39, 0.29) is 0 Å². The number of nitrogens with two attached hydrogens (primary N) is 1. The number of rotatable bonds is 4. The minimum atomic E-state index is -4.25. The first kappa shape index (κ1) is 13.0. The predicted octanol–water partition coefficient (Wildman–Crippen LogP) is 2.95. The van der Waals surface area contributed by atoms with Crippen LogP contribution in [0, 0.1) is 0 Å². The average molecular weight is 205 g/mol. The van der Waals surface area contributed by atoms with E-state index in [1.165, 1.54) is 12.2 Å². The zero-order chi connectivity index (χ0) is 11.4. The minimum Gasteiger partial charge on any atom is -0.324 e. The van der Waals surface area contributed by atoms with Crippen molar-refractivity contribution >= 4 is 0 Å². The molecule has 0 saturated carbocycles. The molecule has 0 rings (SSSR count). The molecule has 4 heteroatoms. The van der Waals surface area contributed by atoms with Gasteiger partial charge in [-0.2, -0.15) is 13.2 Å². The second-order valence-corrected chi connectivity index (χ2v) is 3.12. The van der Waals surface area contributed by atoms with E-state index in [1.54, 1.807) is 6.92 Å². The van der Waals surface area contributed by atoms with E-state index in [4.69, 9.17) is 5.73 Å². The summed E-state index contributed by atoms with van der Waals surface area (Å²) in [6, 6.07) is -1.07. The Morgan fingerprint density at radius 2 is 2.00 bits per heavy atom. The van der Waals surface area contributed by atoms with Crippen LogP contribution in [0.4, 0.5) is 13.2 Å². The van der Waals surface area contributed by atoms with Gasteiger partial charge in [0, 0.05) is 6.04 Å². The van der Waals surface area contributed by atoms with Gasteiger partial charge in [-0.25, -0.2) is 0 Å². The third kappa shape index (κ3) is 5.59. The van der Waals surface area contributed by atoms with E-state index >= 15 is 0 Å². The van der Waals surface area contributed by atoms with Gasteiger partial charge >= 0.3 is 6.18 Å². The van der Waals surface area contributed by atoms with Gasteiger partial charge in [-0.15, -0.1) is 0 Å². The Labute approximate surface area is 81.8 Å². The number of alkyl halides is 3. The summed E-state index contributed by atoms with van der Waals surface area (Å²) in [5.74, 6) is 0. The Kier molecular flexibility index (Phi) is 4.63. The summed E-state index contributed by atoms with van der Waals surface area (Å²) in [5.41, 5.74) is 6.37. The van der Waals surface area contributed by atoms with Crippen LogP contribution in [0.3, 0.4) is 0 Å². The fourth-order valence-electron chi connectivity index (χ4n) is 0.969. The minimum absolute atomic E-state index is 0.356. The van der Waals surface area contributed by atoms with Gasteiger partial charge in [0.05, 0.1) is 6.42 Å². The molecule has 0 aromatic rings. The van der Waals surface area contributed by atoms with E-state index in [0.29, 0.717) is 11.1 Å². The molecule has 0 amide bonds. The summed E-state index contributed by atoms with van der Waals surface area (Å²) < 4.78 is 35.9. The molecule has 0 heterocycles. The largest absolute Gasteiger partial charge is 0.390 e. The summed E-state index contributed by atoms with van der Waals surface area (Å²) >= 11 is 0. The Balaban J connectivity index is 4.56. The molecule has 0 spiro atoms. The number of hydrogen-bond acceptors (Lipinski definition) is 1. The fourth-order valence-corrected chi connectivity index (χ4v) is 0.969. The number of allylic oxidation sites excluding steroid dienone is 2. The van der Waals surface area contributed by atoms with Gasteiger partial charge < -0.3 is 5.73 Å². The average Bonchev–Trinajstić information content (AvgIpc) is 1.96. The Morgan fingerprint density at radius 3 is 2.29 bits per heavy atom. The molecule has 0 saturated heterocycles. The van der Waals surface area contributed by atoms with Gasteiger partial charge in [0.25, 0.3) is 0 Å². The van der Waals surface area contributed by atoms with Crippen LogP contribution in [-0.2, 0) is 0 Å². The van der Waals surface area contributed by atoms with Crippen molar-refractivity contribution in [3.05, 3.63) is 36.5 Å². The first-order chi connectivity index (χ1) is 6.26. The molecule has 14 heavy (non-hydrogen) atoms. The summed E-state index contributed by atoms with van der Waals surface area (Å²) in [6.45, 7) is 8.65. The van der Waals surface area contributed by atoms with Crippen molar-refractivity contribution in [1.29, 1.82) is 0 Å². The molecule has 80 valence electrons. The molecule has 0 aromatic carbocycles. The summed E-state index contributed by atoms with van der Waals surface area (Å²) in [6.07, 6.45) is -2.47. The van der Waals surface area contributed by atoms with Crippen molar-refractivity contribution in [2.45, 2.75) is 25.6 Å². The topological polar surface area (TPSA) is 26.0 Å². The second kappa shape index (κ2) is 5.00. The summed E-state index contributed by atoms with van der Waals surface area (Å²) in [7, 11) is 0. The SMILES string of the molecule is C=C/C(=C\C(=C)C)C(N)CC(F)(F)F. The number of halogens is 3. The summed E-state index contributed by atoms with van der Waals surface area (Å²) in [4.78, 5) is 0. The van der Waals surface area contributed by atoms with Crippen LogP contribution in [0.2, 0.25) is 0 Å². The fraction of sp³-hybridized carbons (Fsp3) is 0.400. The van der Waals surface area contributed by atoms with Crippen molar-refractivity contribution < 1.29 is 13.2 Å². The van der Waals surface area contributed by atoms with E-state index in [0.717, 1.165) is 0 Å². The highest BCUT2D eigenvalue weighted by Gasteiger charge is 2.31. The van der Waals surface area contributed by atoms with Crippen molar-refractivity contribution in [3.8, 4) is 0 Å². The standard InChI is InChI=1S/C10H14F3N/c1-4-8(5-7(2)3)9(14)6-10(11,12)13/h4-5,9H,1-2,6,14H2,3H3/b8-5+. The maximum atomic E-state index is 12.0. The maximum absolute atomic E-state index is 12.0. The summed E-state index contributed by atoms with van der Waals surface area (Å²) in [5, 5.41) is 0. The highest BCUT2D eigenvalue weighted by Crippen LogP contribution is 2.24. The van der Waals surface area contributed by atoms with Gasteiger partial charge in [0.1, 0.15) is 0 Å². The third-order valence-electron chi connectivity index (χ3n) is 1.53. The second-order valence-electron chi connectivity index (χ2n) is 3.12. The lowest BCUT2D eigenvalue weighted by Gasteiger charge is -2.15. The lowest BCUT2D eigenvalue weighted by atomic mass is 10.0. The van der Waals surface area contributed by atoms with Crippen LogP contribution in [0.15, 0.2) is 36.5 Å². The van der Waals surface area contributed by atoms with Crippen LogP contribution in [0.1, 0.15) is 13.3 Å². The normalized spacial score (nSPS) is 15.1. The Hall–Kier alpha value is -1.03. The third-order valence-corrected chi connectivity index (χ3v) is 1.53. The van der Waals surface area contributed by atoms with Crippen molar-refractivity contribution in [1.82, 2.24) is 0 Å². The van der Waals surface area contributed by atoms with E-state index < -0.39 is 18.6 Å². The Bertz CT molecular complexity index is 251. The molecule has 0 radical (unpaired) electrons. The molecule has 2 N–H and O–H groups in total. The lowest BCUT2D eigenvalue weighted by Crippen LogP contribution is -2.28.